The van der Waals surface area contributed by atoms with Gasteiger partial charge in [0.25, 0.3) is 0 Å². The lowest BCUT2D eigenvalue weighted by Gasteiger charge is -2.14. The number of aryl methyl sites for hydroxylation is 2. The molecule has 4 nitrogen and oxygen atoms in total. The van der Waals surface area contributed by atoms with Gasteiger partial charge in [0, 0.05) is 12.0 Å². The number of nitrogens with zero attached hydrogens (tertiary/aromatic N) is 2. The molecular weight excluding hydrogens is 406 g/mol. The van der Waals surface area contributed by atoms with Crippen LogP contribution in [0.15, 0.2) is 52.8 Å². The maximum atomic E-state index is 12.5. The van der Waals surface area contributed by atoms with E-state index in [1.54, 1.807) is 35.6 Å². The lowest BCUT2D eigenvalue weighted by Crippen LogP contribution is -2.24. The molecule has 7 heteroatoms. The number of aromatic nitrogens is 1. The Hall–Kier alpha value is -2.51. The van der Waals surface area contributed by atoms with E-state index in [0.717, 1.165) is 41.2 Å². The highest BCUT2D eigenvalue weighted by Crippen LogP contribution is 2.26. The Labute approximate surface area is 178 Å². The molecule has 0 aliphatic carbocycles. The molecule has 158 valence electrons. The molecule has 0 unspecified atom stereocenters. The molecule has 1 aliphatic heterocycles. The summed E-state index contributed by atoms with van der Waals surface area (Å²) in [4.78, 5) is 5.80. The predicted molar refractivity (Wildman–Crippen MR) is 114 cm³/mol. The number of rotatable bonds is 6. The van der Waals surface area contributed by atoms with Crippen LogP contribution in [-0.2, 0) is 11.3 Å². The summed E-state index contributed by atoms with van der Waals surface area (Å²) in [5.41, 5.74) is 5.18. The van der Waals surface area contributed by atoms with Gasteiger partial charge in [-0.25, -0.2) is 4.99 Å². The van der Waals surface area contributed by atoms with Crippen LogP contribution in [0.3, 0.4) is 0 Å². The highest BCUT2D eigenvalue weighted by atomic mass is 32.1. The van der Waals surface area contributed by atoms with Gasteiger partial charge in [0.2, 0.25) is 0 Å². The molecule has 0 bridgehead atoms. The molecule has 3 aromatic rings. The lowest BCUT2D eigenvalue weighted by atomic mass is 10.1. The summed E-state index contributed by atoms with van der Waals surface area (Å²) in [5.74, 6) is 0.148. The maximum Gasteiger partial charge on any atom is 0.387 e. The second-order valence-electron chi connectivity index (χ2n) is 7.51. The van der Waals surface area contributed by atoms with Crippen LogP contribution in [0.5, 0.6) is 5.75 Å². The summed E-state index contributed by atoms with van der Waals surface area (Å²) in [6, 6.07) is 13.0. The molecule has 0 radical (unpaired) electrons. The zero-order chi connectivity index (χ0) is 21.1. The Morgan fingerprint density at radius 1 is 1.17 bits per heavy atom. The molecule has 30 heavy (non-hydrogen) atoms. The van der Waals surface area contributed by atoms with Gasteiger partial charge in [0.1, 0.15) is 5.75 Å². The smallest absolute Gasteiger partial charge is 0.387 e. The fourth-order valence-corrected chi connectivity index (χ4v) is 4.69. The quantitative estimate of drug-likeness (QED) is 0.492. The van der Waals surface area contributed by atoms with E-state index in [0.29, 0.717) is 6.54 Å². The third-order valence-electron chi connectivity index (χ3n) is 5.01. The van der Waals surface area contributed by atoms with Crippen molar-refractivity contribution in [1.29, 1.82) is 0 Å². The first kappa shape index (κ1) is 20.8. The Morgan fingerprint density at radius 3 is 2.53 bits per heavy atom. The second kappa shape index (κ2) is 9.10. The van der Waals surface area contributed by atoms with Crippen molar-refractivity contribution >= 4 is 17.0 Å². The number of alkyl halides is 2. The molecule has 4 rings (SSSR count). The molecule has 1 atom stereocenters. The zero-order valence-corrected chi connectivity index (χ0v) is 17.8. The van der Waals surface area contributed by atoms with Crippen LogP contribution in [0.4, 0.5) is 14.5 Å². The Balaban J connectivity index is 1.74. The minimum atomic E-state index is -2.83. The molecule has 2 heterocycles. The first-order valence-electron chi connectivity index (χ1n) is 9.96. The summed E-state index contributed by atoms with van der Waals surface area (Å²) in [6.07, 6.45) is 2.23. The van der Waals surface area contributed by atoms with E-state index >= 15 is 0 Å². The first-order chi connectivity index (χ1) is 14.5. The van der Waals surface area contributed by atoms with E-state index in [1.165, 1.54) is 11.1 Å². The molecular formula is C23H24F2N2O2S. The SMILES string of the molecule is Cc1cc(C)cc(N=c2scc(-c3ccc(OC(F)F)cc3)n2C[C@H]2CCCO2)c1. The molecule has 1 aromatic heterocycles. The topological polar surface area (TPSA) is 35.8 Å². The van der Waals surface area contributed by atoms with Crippen LogP contribution in [0.1, 0.15) is 24.0 Å². The van der Waals surface area contributed by atoms with Gasteiger partial charge in [0.15, 0.2) is 4.80 Å². The van der Waals surface area contributed by atoms with Gasteiger partial charge >= 0.3 is 6.61 Å². The van der Waals surface area contributed by atoms with Crippen molar-refractivity contribution in [2.45, 2.75) is 45.9 Å². The van der Waals surface area contributed by atoms with Gasteiger partial charge in [-0.2, -0.15) is 8.78 Å². The van der Waals surface area contributed by atoms with Crippen molar-refractivity contribution in [2.24, 2.45) is 4.99 Å². The number of hydrogen-bond donors (Lipinski definition) is 0. The lowest BCUT2D eigenvalue weighted by molar-refractivity contribution is -0.0498. The van der Waals surface area contributed by atoms with Crippen molar-refractivity contribution < 1.29 is 18.3 Å². The third kappa shape index (κ3) is 4.96. The van der Waals surface area contributed by atoms with E-state index in [1.807, 2.05) is 0 Å². The van der Waals surface area contributed by atoms with Gasteiger partial charge in [0.05, 0.1) is 24.0 Å². The van der Waals surface area contributed by atoms with Crippen LogP contribution in [-0.4, -0.2) is 23.9 Å². The molecule has 1 fully saturated rings. The van der Waals surface area contributed by atoms with E-state index in [9.17, 15) is 8.78 Å². The third-order valence-corrected chi connectivity index (χ3v) is 5.88. The Morgan fingerprint density at radius 2 is 1.90 bits per heavy atom. The van der Waals surface area contributed by atoms with Crippen molar-refractivity contribution in [3.63, 3.8) is 0 Å². The van der Waals surface area contributed by atoms with E-state index in [-0.39, 0.29) is 11.9 Å². The zero-order valence-electron chi connectivity index (χ0n) is 17.0. The van der Waals surface area contributed by atoms with Crippen LogP contribution < -0.4 is 9.54 Å². The highest BCUT2D eigenvalue weighted by Gasteiger charge is 2.19. The Bertz CT molecular complexity index is 1050. The number of thiazole rings is 1. The number of ether oxygens (including phenoxy) is 2. The van der Waals surface area contributed by atoms with E-state index < -0.39 is 6.61 Å². The average Bonchev–Trinajstić information content (AvgIpc) is 3.32. The van der Waals surface area contributed by atoms with Crippen molar-refractivity contribution in [1.82, 2.24) is 4.57 Å². The van der Waals surface area contributed by atoms with Crippen LogP contribution >= 0.6 is 11.3 Å². The van der Waals surface area contributed by atoms with Crippen molar-refractivity contribution in [3.05, 3.63) is 63.8 Å². The molecule has 0 N–H and O–H groups in total. The van der Waals surface area contributed by atoms with Gasteiger partial charge in [-0.3, -0.25) is 0 Å². The summed E-state index contributed by atoms with van der Waals surface area (Å²) >= 11 is 1.57. The summed E-state index contributed by atoms with van der Waals surface area (Å²) in [6.45, 7) is 2.79. The van der Waals surface area contributed by atoms with Gasteiger partial charge < -0.3 is 14.0 Å². The highest BCUT2D eigenvalue weighted by molar-refractivity contribution is 7.07. The van der Waals surface area contributed by atoms with Crippen molar-refractivity contribution in [3.8, 4) is 17.0 Å². The van der Waals surface area contributed by atoms with Crippen LogP contribution in [0, 0.1) is 13.8 Å². The molecule has 0 amide bonds. The second-order valence-corrected chi connectivity index (χ2v) is 8.35. The summed E-state index contributed by atoms with van der Waals surface area (Å²) in [5, 5.41) is 2.05. The van der Waals surface area contributed by atoms with Crippen LogP contribution in [0.2, 0.25) is 0 Å². The normalized spacial score (nSPS) is 17.1. The minimum Gasteiger partial charge on any atom is -0.435 e. The fourth-order valence-electron chi connectivity index (χ4n) is 3.75. The maximum absolute atomic E-state index is 12.5. The Kier molecular flexibility index (Phi) is 6.29. The summed E-state index contributed by atoms with van der Waals surface area (Å²) < 4.78 is 37.4. The van der Waals surface area contributed by atoms with Crippen LogP contribution in [0.25, 0.3) is 11.3 Å². The van der Waals surface area contributed by atoms with Crippen molar-refractivity contribution in [2.75, 3.05) is 6.61 Å². The average molecular weight is 431 g/mol. The predicted octanol–water partition coefficient (Wildman–Crippen LogP) is 5.85. The monoisotopic (exact) mass is 430 g/mol. The van der Waals surface area contributed by atoms with E-state index in [4.69, 9.17) is 9.73 Å². The fraction of sp³-hybridized carbons (Fsp3) is 0.348. The first-order valence-corrected chi connectivity index (χ1v) is 10.8. The van der Waals surface area contributed by atoms with Gasteiger partial charge in [-0.15, -0.1) is 11.3 Å². The molecule has 1 aliphatic rings. The number of halogens is 2. The number of hydrogen-bond acceptors (Lipinski definition) is 4. The summed E-state index contributed by atoms with van der Waals surface area (Å²) in [7, 11) is 0. The van der Waals surface area contributed by atoms with Gasteiger partial charge in [-0.05, 0) is 79.8 Å². The standard InChI is InChI=1S/C23H24F2N2O2S/c1-15-10-16(2)12-18(11-15)26-23-27(13-20-4-3-9-28-20)21(14-30-23)17-5-7-19(8-6-17)29-22(24)25/h5-8,10-12,14,20,22H,3-4,9,13H2,1-2H3/t20-/m1/s1. The number of benzene rings is 2. The van der Waals surface area contributed by atoms with Gasteiger partial charge in [-0.1, -0.05) is 6.07 Å². The minimum absolute atomic E-state index is 0.148. The largest absolute Gasteiger partial charge is 0.435 e. The molecule has 0 spiro atoms. The molecule has 1 saturated heterocycles. The van der Waals surface area contributed by atoms with E-state index in [2.05, 4.69) is 46.7 Å². The molecule has 2 aromatic carbocycles. The molecule has 0 saturated carbocycles.